The van der Waals surface area contributed by atoms with Crippen LogP contribution >= 0.6 is 31.9 Å². The van der Waals surface area contributed by atoms with Crippen molar-refractivity contribution in [3.63, 3.8) is 0 Å². The van der Waals surface area contributed by atoms with E-state index >= 15 is 0 Å². The molecule has 0 bridgehead atoms. The number of methoxy groups -OCH3 is 1. The fourth-order valence-electron chi connectivity index (χ4n) is 2.91. The Hall–Kier alpha value is -1.63. The molecule has 30 heavy (non-hydrogen) atoms. The summed E-state index contributed by atoms with van der Waals surface area (Å²) in [5, 5.41) is 10.2. The number of ether oxygens (including phenoxy) is 1. The predicted molar refractivity (Wildman–Crippen MR) is 113 cm³/mol. The molecular formula is C18H15Br2F3N2O4S. The van der Waals surface area contributed by atoms with Crippen LogP contribution in [0.25, 0.3) is 0 Å². The molecule has 1 unspecified atom stereocenters. The molecule has 0 radical (unpaired) electrons. The van der Waals surface area contributed by atoms with Gasteiger partial charge in [0.15, 0.2) is 9.84 Å². The minimum absolute atomic E-state index is 0.0185. The molecule has 12 heteroatoms. The first-order valence-corrected chi connectivity index (χ1v) is 11.7. The van der Waals surface area contributed by atoms with Crippen LogP contribution in [-0.2, 0) is 9.84 Å². The highest BCUT2D eigenvalue weighted by atomic mass is 79.9. The maximum atomic E-state index is 13.5. The SMILES string of the molecule is COc1c(Br)cc(C2=NC(O)(C(F)(F)F)CN2c2ccc(S(C)(=O)=O)cc2)cc1Br. The number of hydrogen-bond acceptors (Lipinski definition) is 6. The molecule has 0 saturated heterocycles. The lowest BCUT2D eigenvalue weighted by molar-refractivity contribution is -0.249. The average molecular weight is 572 g/mol. The number of β-amino-alcohol motifs (C(OH)–C–C–N with tert-alkyl or cyclic N) is 1. The Morgan fingerprint density at radius 3 is 2.13 bits per heavy atom. The lowest BCUT2D eigenvalue weighted by Gasteiger charge is -2.26. The van der Waals surface area contributed by atoms with E-state index in [-0.39, 0.29) is 22.0 Å². The third kappa shape index (κ3) is 4.23. The topological polar surface area (TPSA) is 79.2 Å². The fraction of sp³-hybridized carbons (Fsp3) is 0.278. The van der Waals surface area contributed by atoms with Gasteiger partial charge in [-0.2, -0.15) is 13.2 Å². The van der Waals surface area contributed by atoms with Crippen LogP contribution in [0.15, 0.2) is 55.2 Å². The molecule has 1 N–H and O–H groups in total. The summed E-state index contributed by atoms with van der Waals surface area (Å²) >= 11 is 6.60. The average Bonchev–Trinajstić information content (AvgIpc) is 3.00. The van der Waals surface area contributed by atoms with Gasteiger partial charge in [-0.05, 0) is 68.3 Å². The Morgan fingerprint density at radius 1 is 1.17 bits per heavy atom. The number of anilines is 1. The summed E-state index contributed by atoms with van der Waals surface area (Å²) in [4.78, 5) is 4.80. The lowest BCUT2D eigenvalue weighted by atomic mass is 10.1. The van der Waals surface area contributed by atoms with Gasteiger partial charge in [0, 0.05) is 17.5 Å². The second-order valence-corrected chi connectivity index (χ2v) is 10.3. The Balaban J connectivity index is 2.14. The molecule has 162 valence electrons. The van der Waals surface area contributed by atoms with Crippen LogP contribution in [0.5, 0.6) is 5.75 Å². The van der Waals surface area contributed by atoms with E-state index in [0.29, 0.717) is 14.7 Å². The Kier molecular flexibility index (Phi) is 6.00. The molecule has 2 aromatic carbocycles. The van der Waals surface area contributed by atoms with Crippen LogP contribution in [-0.4, -0.2) is 51.2 Å². The normalized spacial score (nSPS) is 19.7. The maximum absolute atomic E-state index is 13.5. The number of amidine groups is 1. The van der Waals surface area contributed by atoms with Crippen molar-refractivity contribution in [3.8, 4) is 5.75 Å². The molecule has 0 amide bonds. The Bertz CT molecular complexity index is 1100. The van der Waals surface area contributed by atoms with Crippen LogP contribution < -0.4 is 9.64 Å². The van der Waals surface area contributed by atoms with Crippen LogP contribution in [0.1, 0.15) is 5.56 Å². The summed E-state index contributed by atoms with van der Waals surface area (Å²) in [6.07, 6.45) is -3.99. The second kappa shape index (κ2) is 7.81. The first-order chi connectivity index (χ1) is 13.8. The third-order valence-electron chi connectivity index (χ3n) is 4.42. The number of sulfone groups is 1. The van der Waals surface area contributed by atoms with Crippen molar-refractivity contribution < 1.29 is 31.4 Å². The first kappa shape index (κ1) is 23.0. The van der Waals surface area contributed by atoms with Gasteiger partial charge < -0.3 is 14.7 Å². The second-order valence-electron chi connectivity index (χ2n) is 6.58. The Labute approximate surface area is 187 Å². The summed E-state index contributed by atoms with van der Waals surface area (Å²) in [5.74, 6) is 0.304. The minimum atomic E-state index is -5.01. The summed E-state index contributed by atoms with van der Waals surface area (Å²) in [5.41, 5.74) is -2.80. The van der Waals surface area contributed by atoms with E-state index in [1.165, 1.54) is 48.4 Å². The van der Waals surface area contributed by atoms with Crippen molar-refractivity contribution in [3.05, 3.63) is 50.9 Å². The molecule has 1 aliphatic rings. The molecule has 2 aromatic rings. The molecule has 1 atom stereocenters. The monoisotopic (exact) mass is 570 g/mol. The zero-order valence-corrected chi connectivity index (χ0v) is 19.5. The van der Waals surface area contributed by atoms with Crippen molar-refractivity contribution in [2.75, 3.05) is 24.8 Å². The molecule has 3 rings (SSSR count). The number of alkyl halides is 3. The van der Waals surface area contributed by atoms with E-state index in [1.807, 2.05) is 0 Å². The molecule has 0 aromatic heterocycles. The van der Waals surface area contributed by atoms with Gasteiger partial charge in [0.1, 0.15) is 11.6 Å². The molecule has 0 spiro atoms. The van der Waals surface area contributed by atoms with Crippen molar-refractivity contribution in [1.82, 2.24) is 0 Å². The van der Waals surface area contributed by atoms with Gasteiger partial charge in [0.05, 0.1) is 27.5 Å². The van der Waals surface area contributed by atoms with Gasteiger partial charge in [-0.1, -0.05) is 0 Å². The van der Waals surface area contributed by atoms with Crippen molar-refractivity contribution in [2.45, 2.75) is 16.8 Å². The number of rotatable bonds is 4. The van der Waals surface area contributed by atoms with Gasteiger partial charge in [0.2, 0.25) is 0 Å². The van der Waals surface area contributed by atoms with Gasteiger partial charge in [-0.3, -0.25) is 0 Å². The van der Waals surface area contributed by atoms with E-state index in [1.54, 1.807) is 0 Å². The standard InChI is InChI=1S/C18H15Br2F3N2O4S/c1-29-15-13(19)7-10(8-14(15)20)16-24-17(26,18(21,22)23)9-25(16)11-3-5-12(6-4-11)30(2,27)28/h3-8,26H,9H2,1-2H3. The molecule has 0 saturated carbocycles. The van der Waals surface area contributed by atoms with Gasteiger partial charge >= 0.3 is 6.18 Å². The number of aliphatic hydroxyl groups is 1. The zero-order chi connectivity index (χ0) is 22.5. The van der Waals surface area contributed by atoms with E-state index in [2.05, 4.69) is 36.9 Å². The van der Waals surface area contributed by atoms with Crippen LogP contribution in [0.2, 0.25) is 0 Å². The lowest BCUT2D eigenvalue weighted by Crippen LogP contribution is -2.47. The predicted octanol–water partition coefficient (Wildman–Crippen LogP) is 4.14. The number of hydrogen-bond donors (Lipinski definition) is 1. The molecule has 0 fully saturated rings. The molecule has 1 aliphatic heterocycles. The number of aliphatic imine (C=N–C) groups is 1. The summed E-state index contributed by atoms with van der Waals surface area (Å²) < 4.78 is 70.0. The van der Waals surface area contributed by atoms with Crippen LogP contribution in [0.4, 0.5) is 18.9 Å². The van der Waals surface area contributed by atoms with E-state index < -0.39 is 28.3 Å². The summed E-state index contributed by atoms with van der Waals surface area (Å²) in [7, 11) is -2.04. The highest BCUT2D eigenvalue weighted by Crippen LogP contribution is 2.41. The molecule has 0 aliphatic carbocycles. The van der Waals surface area contributed by atoms with Crippen molar-refractivity contribution >= 4 is 53.2 Å². The van der Waals surface area contributed by atoms with Gasteiger partial charge in [-0.15, -0.1) is 0 Å². The van der Waals surface area contributed by atoms with Crippen LogP contribution in [0.3, 0.4) is 0 Å². The first-order valence-electron chi connectivity index (χ1n) is 8.27. The molecular weight excluding hydrogens is 557 g/mol. The zero-order valence-electron chi connectivity index (χ0n) is 15.5. The smallest absolute Gasteiger partial charge is 0.440 e. The van der Waals surface area contributed by atoms with E-state index in [4.69, 9.17) is 4.74 Å². The van der Waals surface area contributed by atoms with Gasteiger partial charge in [0.25, 0.3) is 5.72 Å². The molecule has 1 heterocycles. The fourth-order valence-corrected chi connectivity index (χ4v) is 5.05. The largest absolute Gasteiger partial charge is 0.494 e. The highest BCUT2D eigenvalue weighted by Gasteiger charge is 2.59. The van der Waals surface area contributed by atoms with Crippen LogP contribution in [0, 0.1) is 0 Å². The third-order valence-corrected chi connectivity index (χ3v) is 6.72. The number of halogens is 5. The number of benzene rings is 2. The molecule has 6 nitrogen and oxygen atoms in total. The van der Waals surface area contributed by atoms with Crippen molar-refractivity contribution in [1.29, 1.82) is 0 Å². The number of nitrogens with zero attached hydrogens (tertiary/aromatic N) is 2. The Morgan fingerprint density at radius 2 is 1.70 bits per heavy atom. The summed E-state index contributed by atoms with van der Waals surface area (Å²) in [6, 6.07) is 8.33. The van der Waals surface area contributed by atoms with Crippen molar-refractivity contribution in [2.24, 2.45) is 4.99 Å². The quantitative estimate of drug-likeness (QED) is 0.597. The summed E-state index contributed by atoms with van der Waals surface area (Å²) in [6.45, 7) is -0.884. The maximum Gasteiger partial charge on any atom is 0.440 e. The van der Waals surface area contributed by atoms with E-state index in [0.717, 1.165) is 6.26 Å². The van der Waals surface area contributed by atoms with Gasteiger partial charge in [-0.25, -0.2) is 13.4 Å². The highest BCUT2D eigenvalue weighted by molar-refractivity contribution is 9.11. The minimum Gasteiger partial charge on any atom is -0.494 e. The van der Waals surface area contributed by atoms with E-state index in [9.17, 15) is 26.7 Å².